The van der Waals surface area contributed by atoms with E-state index in [1.165, 1.54) is 12.8 Å². The molecule has 56 valence electrons. The van der Waals surface area contributed by atoms with Crippen molar-refractivity contribution in [3.05, 3.63) is 0 Å². The topological polar surface area (TPSA) is 9.23 Å². The maximum absolute atomic E-state index is 4.99. The predicted molar refractivity (Wildman–Crippen MR) is 44.6 cm³/mol. The van der Waals surface area contributed by atoms with Crippen LogP contribution < -0.4 is 0 Å². The molecule has 0 aliphatic heterocycles. The van der Waals surface area contributed by atoms with Gasteiger partial charge in [-0.3, -0.25) is 0 Å². The van der Waals surface area contributed by atoms with E-state index in [4.69, 9.17) is 4.74 Å². The number of rotatable bonds is 5. The lowest BCUT2D eigenvalue weighted by Gasteiger charge is -2.10. The van der Waals surface area contributed by atoms with Crippen LogP contribution in [0.2, 0.25) is 0 Å². The van der Waals surface area contributed by atoms with Crippen LogP contribution in [0, 0.1) is 0 Å². The summed E-state index contributed by atoms with van der Waals surface area (Å²) < 4.78 is 4.99. The van der Waals surface area contributed by atoms with Gasteiger partial charge < -0.3 is 4.74 Å². The Morgan fingerprint density at radius 3 is 2.22 bits per heavy atom. The average molecular weight is 148 g/mol. The van der Waals surface area contributed by atoms with Gasteiger partial charge in [-0.05, 0) is 18.5 Å². The Morgan fingerprint density at radius 2 is 1.89 bits per heavy atom. The molecule has 1 unspecified atom stereocenters. The molecule has 2 heteroatoms. The molecule has 0 aromatic rings. The van der Waals surface area contributed by atoms with Gasteiger partial charge in [-0.2, -0.15) is 0 Å². The molecule has 0 spiro atoms. The van der Waals surface area contributed by atoms with Gasteiger partial charge in [-0.1, -0.05) is 22.4 Å². The van der Waals surface area contributed by atoms with E-state index in [1.807, 2.05) is 0 Å². The van der Waals surface area contributed by atoms with E-state index in [9.17, 15) is 0 Å². The monoisotopic (exact) mass is 148 g/mol. The first-order valence-electron chi connectivity index (χ1n) is 3.57. The molecular weight excluding hydrogens is 131 g/mol. The second-order valence-corrected chi connectivity index (χ2v) is 3.66. The van der Waals surface area contributed by atoms with E-state index in [-0.39, 0.29) is 0 Å². The summed E-state index contributed by atoms with van der Waals surface area (Å²) in [5.74, 6) is 0. The lowest BCUT2D eigenvalue weighted by atomic mass is 10.3. The molecule has 0 rings (SSSR count). The van der Waals surface area contributed by atoms with Crippen molar-refractivity contribution < 1.29 is 4.74 Å². The number of hydrogen-bond donors (Lipinski definition) is 0. The number of ether oxygens (including phenoxy) is 1. The third kappa shape index (κ3) is 4.87. The zero-order valence-electron chi connectivity index (χ0n) is 6.61. The minimum Gasteiger partial charge on any atom is -0.380 e. The van der Waals surface area contributed by atoms with Crippen LogP contribution in [0.15, 0.2) is 0 Å². The molecule has 0 fully saturated rings. The lowest BCUT2D eigenvalue weighted by molar-refractivity contribution is 0.256. The van der Waals surface area contributed by atoms with Crippen molar-refractivity contribution in [1.29, 1.82) is 0 Å². The fraction of sp³-hybridized carbons (Fsp3) is 1.00. The van der Waals surface area contributed by atoms with E-state index in [0.717, 1.165) is 20.6 Å². The smallest absolute Gasteiger partial charge is 0.0629 e. The number of methoxy groups -OCH3 is 1. The summed E-state index contributed by atoms with van der Waals surface area (Å²) in [5.41, 5.74) is 0.907. The summed E-state index contributed by atoms with van der Waals surface area (Å²) in [5, 5.41) is 0. The van der Waals surface area contributed by atoms with Gasteiger partial charge >= 0.3 is 0 Å². The highest BCUT2D eigenvalue weighted by Gasteiger charge is 2.00. The van der Waals surface area contributed by atoms with Crippen LogP contribution in [0.4, 0.5) is 0 Å². The van der Waals surface area contributed by atoms with Gasteiger partial charge in [0.25, 0.3) is 0 Å². The second-order valence-electron chi connectivity index (χ2n) is 2.15. The van der Waals surface area contributed by atoms with E-state index < -0.39 is 0 Å². The molecule has 1 atom stereocenters. The molecule has 0 amide bonds. The quantitative estimate of drug-likeness (QED) is 0.544. The molecule has 9 heavy (non-hydrogen) atoms. The fourth-order valence-corrected chi connectivity index (χ4v) is 1.76. The van der Waals surface area contributed by atoms with Gasteiger partial charge in [-0.15, -0.1) is 0 Å². The molecule has 0 aliphatic carbocycles. The molecule has 0 N–H and O–H groups in total. The predicted octanol–water partition coefficient (Wildman–Crippen LogP) is 2.46. The summed E-state index contributed by atoms with van der Waals surface area (Å²) in [6, 6.07) is 0. The first kappa shape index (κ1) is 9.39. The van der Waals surface area contributed by atoms with Gasteiger partial charge in [0.2, 0.25) is 0 Å². The van der Waals surface area contributed by atoms with Crippen molar-refractivity contribution in [1.82, 2.24) is 0 Å². The van der Waals surface area contributed by atoms with Crippen molar-refractivity contribution in [3.8, 4) is 0 Å². The Kier molecular flexibility index (Phi) is 6.79. The molecule has 0 saturated carbocycles. The highest BCUT2D eigenvalue weighted by atomic mass is 31.1. The van der Waals surface area contributed by atoms with Crippen LogP contribution >= 0.6 is 8.58 Å². The Hall–Kier alpha value is 0.390. The van der Waals surface area contributed by atoms with Crippen LogP contribution in [0.3, 0.4) is 0 Å². The van der Waals surface area contributed by atoms with Gasteiger partial charge in [0.15, 0.2) is 0 Å². The maximum atomic E-state index is 4.99. The highest BCUT2D eigenvalue weighted by molar-refractivity contribution is 7.38. The second kappa shape index (κ2) is 6.51. The Morgan fingerprint density at radius 1 is 1.33 bits per heavy atom. The first-order valence-corrected chi connectivity index (χ1v) is 4.85. The fourth-order valence-electron chi connectivity index (χ4n) is 0.779. The van der Waals surface area contributed by atoms with Crippen LogP contribution in [0.25, 0.3) is 0 Å². The molecule has 0 radical (unpaired) electrons. The SMILES string of the molecule is CCC(CC)PCOC. The molecular formula is C7H17OP. The van der Waals surface area contributed by atoms with Crippen molar-refractivity contribution >= 4 is 8.58 Å². The van der Waals surface area contributed by atoms with Crippen LogP contribution in [0.1, 0.15) is 26.7 Å². The highest BCUT2D eigenvalue weighted by Crippen LogP contribution is 2.23. The first-order chi connectivity index (χ1) is 4.35. The van der Waals surface area contributed by atoms with Gasteiger partial charge in [-0.25, -0.2) is 0 Å². The molecule has 0 aliphatic rings. The normalized spacial score (nSPS) is 12.0. The molecule has 0 heterocycles. The summed E-state index contributed by atoms with van der Waals surface area (Å²) in [4.78, 5) is 0. The molecule has 0 aromatic heterocycles. The van der Waals surface area contributed by atoms with Crippen molar-refractivity contribution in [2.45, 2.75) is 32.3 Å². The van der Waals surface area contributed by atoms with Gasteiger partial charge in [0.1, 0.15) is 0 Å². The minimum atomic E-state index is 0.907. The zero-order valence-corrected chi connectivity index (χ0v) is 7.61. The van der Waals surface area contributed by atoms with Crippen molar-refractivity contribution in [2.24, 2.45) is 0 Å². The van der Waals surface area contributed by atoms with E-state index in [0.29, 0.717) is 0 Å². The maximum Gasteiger partial charge on any atom is 0.0629 e. The van der Waals surface area contributed by atoms with Crippen LogP contribution in [-0.4, -0.2) is 19.1 Å². The largest absolute Gasteiger partial charge is 0.380 e. The zero-order chi connectivity index (χ0) is 7.11. The summed E-state index contributed by atoms with van der Waals surface area (Å²) in [7, 11) is 2.77. The Balaban J connectivity index is 3.09. The van der Waals surface area contributed by atoms with Crippen molar-refractivity contribution in [3.63, 3.8) is 0 Å². The van der Waals surface area contributed by atoms with Gasteiger partial charge in [0.05, 0.1) is 6.35 Å². The summed E-state index contributed by atoms with van der Waals surface area (Å²) in [6.45, 7) is 4.49. The summed E-state index contributed by atoms with van der Waals surface area (Å²) >= 11 is 0. The average Bonchev–Trinajstić information content (AvgIpc) is 1.91. The van der Waals surface area contributed by atoms with Gasteiger partial charge in [0, 0.05) is 7.11 Å². The van der Waals surface area contributed by atoms with E-state index in [2.05, 4.69) is 13.8 Å². The summed E-state index contributed by atoms with van der Waals surface area (Å²) in [6.07, 6.45) is 3.56. The van der Waals surface area contributed by atoms with E-state index in [1.54, 1.807) is 7.11 Å². The lowest BCUT2D eigenvalue weighted by Crippen LogP contribution is -1.97. The Labute approximate surface area is 60.0 Å². The Bertz CT molecular complexity index is 52.9. The third-order valence-electron chi connectivity index (χ3n) is 1.50. The van der Waals surface area contributed by atoms with Crippen LogP contribution in [-0.2, 0) is 4.74 Å². The minimum absolute atomic E-state index is 0.907. The molecule has 1 nitrogen and oxygen atoms in total. The molecule has 0 saturated heterocycles. The standard InChI is InChI=1S/C7H17OP/c1-4-7(5-2)9-6-8-3/h7,9H,4-6H2,1-3H3. The number of hydrogen-bond acceptors (Lipinski definition) is 1. The molecule has 0 aromatic carbocycles. The van der Waals surface area contributed by atoms with Crippen molar-refractivity contribution in [2.75, 3.05) is 13.5 Å². The third-order valence-corrected chi connectivity index (χ3v) is 3.35. The van der Waals surface area contributed by atoms with Crippen LogP contribution in [0.5, 0.6) is 0 Å². The molecule has 0 bridgehead atoms. The van der Waals surface area contributed by atoms with E-state index >= 15 is 0 Å².